The van der Waals surface area contributed by atoms with Crippen molar-refractivity contribution < 1.29 is 14.6 Å². The molecule has 30 heavy (non-hydrogen) atoms. The van der Waals surface area contributed by atoms with Crippen LogP contribution in [0.25, 0.3) is 11.0 Å². The van der Waals surface area contributed by atoms with Gasteiger partial charge in [-0.1, -0.05) is 12.1 Å². The van der Waals surface area contributed by atoms with E-state index < -0.39 is 6.10 Å². The van der Waals surface area contributed by atoms with Crippen molar-refractivity contribution >= 4 is 16.9 Å². The van der Waals surface area contributed by atoms with Crippen molar-refractivity contribution in [3.63, 3.8) is 0 Å². The summed E-state index contributed by atoms with van der Waals surface area (Å²) in [6, 6.07) is 6.04. The van der Waals surface area contributed by atoms with Crippen LogP contribution in [0.15, 0.2) is 36.9 Å². The lowest BCUT2D eigenvalue weighted by Crippen LogP contribution is -2.35. The molecule has 0 bridgehead atoms. The van der Waals surface area contributed by atoms with E-state index in [9.17, 15) is 9.90 Å². The minimum absolute atomic E-state index is 0.00497. The summed E-state index contributed by atoms with van der Waals surface area (Å²) in [7, 11) is 0. The number of H-pyrrole nitrogens is 1. The lowest BCUT2D eigenvalue weighted by molar-refractivity contribution is -0.135. The third-order valence-corrected chi connectivity index (χ3v) is 6.60. The molecule has 1 saturated carbocycles. The van der Waals surface area contributed by atoms with Crippen molar-refractivity contribution in [2.24, 2.45) is 11.8 Å². The normalized spacial score (nSPS) is 26.3. The molecule has 4 atom stereocenters. The Hall–Kier alpha value is -2.71. The average Bonchev–Trinajstić information content (AvgIpc) is 3.46. The largest absolute Gasteiger partial charge is 0.391 e. The van der Waals surface area contributed by atoms with E-state index in [0.717, 1.165) is 41.8 Å². The van der Waals surface area contributed by atoms with E-state index in [4.69, 9.17) is 4.74 Å². The topological polar surface area (TPSA) is 96.3 Å². The molecule has 1 aliphatic heterocycles. The SMILES string of the molecule is Cc1cccc2[nH]c(COCC(=O)N3C[C@H]4C[C@@H](n5ccnc5)[C@H](O)C[C@H]4C3)nc12. The van der Waals surface area contributed by atoms with Crippen molar-refractivity contribution in [2.45, 2.75) is 38.5 Å². The summed E-state index contributed by atoms with van der Waals surface area (Å²) < 4.78 is 7.66. The molecule has 3 aromatic rings. The Morgan fingerprint density at radius 1 is 1.30 bits per heavy atom. The Labute approximate surface area is 174 Å². The lowest BCUT2D eigenvalue weighted by atomic mass is 9.77. The van der Waals surface area contributed by atoms with Crippen LogP contribution in [0.4, 0.5) is 0 Å². The van der Waals surface area contributed by atoms with Crippen molar-refractivity contribution in [1.29, 1.82) is 0 Å². The van der Waals surface area contributed by atoms with Gasteiger partial charge < -0.3 is 24.3 Å². The van der Waals surface area contributed by atoms with Gasteiger partial charge in [0.25, 0.3) is 0 Å². The number of carbonyl (C=O) groups is 1. The second-order valence-corrected chi connectivity index (χ2v) is 8.58. The third-order valence-electron chi connectivity index (χ3n) is 6.60. The first-order chi connectivity index (χ1) is 14.6. The number of imidazole rings is 2. The first-order valence-electron chi connectivity index (χ1n) is 10.5. The van der Waals surface area contributed by atoms with Crippen molar-refractivity contribution in [1.82, 2.24) is 24.4 Å². The number of ether oxygens (including phenoxy) is 1. The maximum absolute atomic E-state index is 12.7. The number of para-hydroxylation sites is 1. The monoisotopic (exact) mass is 409 g/mol. The van der Waals surface area contributed by atoms with E-state index in [1.54, 1.807) is 12.5 Å². The molecule has 0 spiro atoms. The summed E-state index contributed by atoms with van der Waals surface area (Å²) >= 11 is 0. The van der Waals surface area contributed by atoms with Gasteiger partial charge >= 0.3 is 0 Å². The zero-order valence-electron chi connectivity index (χ0n) is 17.1. The number of carbonyl (C=O) groups excluding carboxylic acids is 1. The van der Waals surface area contributed by atoms with Crippen LogP contribution in [0.2, 0.25) is 0 Å². The predicted octanol–water partition coefficient (Wildman–Crippen LogP) is 2.06. The quantitative estimate of drug-likeness (QED) is 0.672. The van der Waals surface area contributed by atoms with Gasteiger partial charge in [0.15, 0.2) is 0 Å². The van der Waals surface area contributed by atoms with Gasteiger partial charge in [-0.2, -0.15) is 0 Å². The molecule has 2 N–H and O–H groups in total. The molecule has 0 unspecified atom stereocenters. The molecular formula is C22H27N5O3. The van der Waals surface area contributed by atoms with Gasteiger partial charge in [0, 0.05) is 25.5 Å². The molecular weight excluding hydrogens is 382 g/mol. The van der Waals surface area contributed by atoms with E-state index in [1.165, 1.54) is 0 Å². The van der Waals surface area contributed by atoms with Gasteiger partial charge in [-0.05, 0) is 43.2 Å². The molecule has 158 valence electrons. The molecule has 0 radical (unpaired) electrons. The molecule has 1 amide bonds. The predicted molar refractivity (Wildman–Crippen MR) is 111 cm³/mol. The van der Waals surface area contributed by atoms with Crippen molar-refractivity contribution in [3.8, 4) is 0 Å². The van der Waals surface area contributed by atoms with Crippen LogP contribution in [0.5, 0.6) is 0 Å². The van der Waals surface area contributed by atoms with Crippen LogP contribution in [-0.2, 0) is 16.1 Å². The number of aliphatic hydroxyl groups excluding tert-OH is 1. The lowest BCUT2D eigenvalue weighted by Gasteiger charge is -2.35. The Balaban J connectivity index is 1.15. The van der Waals surface area contributed by atoms with E-state index in [1.807, 2.05) is 40.8 Å². The molecule has 8 heteroatoms. The molecule has 1 saturated heterocycles. The molecule has 3 heterocycles. The molecule has 5 rings (SSSR count). The smallest absolute Gasteiger partial charge is 0.248 e. The van der Waals surface area contributed by atoms with Gasteiger partial charge in [-0.15, -0.1) is 0 Å². The fourth-order valence-corrected chi connectivity index (χ4v) is 5.02. The summed E-state index contributed by atoms with van der Waals surface area (Å²) in [6.07, 6.45) is 6.59. The second kappa shape index (κ2) is 7.85. The van der Waals surface area contributed by atoms with Gasteiger partial charge in [0.05, 0.1) is 29.5 Å². The Bertz CT molecular complexity index is 1030. The number of nitrogens with one attached hydrogen (secondary N) is 1. The minimum Gasteiger partial charge on any atom is -0.391 e. The zero-order valence-corrected chi connectivity index (χ0v) is 17.1. The number of amides is 1. The van der Waals surface area contributed by atoms with E-state index in [2.05, 4.69) is 15.0 Å². The number of aryl methyl sites for hydroxylation is 1. The second-order valence-electron chi connectivity index (χ2n) is 8.58. The number of aromatic amines is 1. The standard InChI is InChI=1S/C22H27N5O3/c1-14-3-2-4-17-22(14)25-20(24-17)11-30-12-21(29)27-9-15-7-18(26-6-5-23-13-26)19(28)8-16(15)10-27/h2-6,13,15-16,18-19,28H,7-12H2,1H3,(H,24,25)/t15-,16+,18-,19-/m1/s1. The van der Waals surface area contributed by atoms with Gasteiger partial charge in [-0.3, -0.25) is 4.79 Å². The number of benzene rings is 1. The number of hydrogen-bond acceptors (Lipinski definition) is 5. The number of aromatic nitrogens is 4. The van der Waals surface area contributed by atoms with Gasteiger partial charge in [-0.25, -0.2) is 9.97 Å². The van der Waals surface area contributed by atoms with E-state index in [-0.39, 0.29) is 25.2 Å². The summed E-state index contributed by atoms with van der Waals surface area (Å²) in [4.78, 5) is 26.5. The Morgan fingerprint density at radius 2 is 2.13 bits per heavy atom. The number of fused-ring (bicyclic) bond motifs is 2. The fraction of sp³-hybridized carbons (Fsp3) is 0.500. The Kier molecular flexibility index (Phi) is 5.04. The molecule has 2 fully saturated rings. The summed E-state index contributed by atoms with van der Waals surface area (Å²) in [5.74, 6) is 1.49. The number of aliphatic hydroxyl groups is 1. The molecule has 1 aliphatic carbocycles. The first kappa shape index (κ1) is 19.3. The first-order valence-corrected chi connectivity index (χ1v) is 10.5. The molecule has 2 aliphatic rings. The summed E-state index contributed by atoms with van der Waals surface area (Å²) in [6.45, 7) is 3.78. The van der Waals surface area contributed by atoms with E-state index >= 15 is 0 Å². The summed E-state index contributed by atoms with van der Waals surface area (Å²) in [5.41, 5.74) is 3.04. The van der Waals surface area contributed by atoms with Crippen LogP contribution >= 0.6 is 0 Å². The number of nitrogens with zero attached hydrogens (tertiary/aromatic N) is 4. The molecule has 1 aromatic carbocycles. The highest BCUT2D eigenvalue weighted by atomic mass is 16.5. The van der Waals surface area contributed by atoms with Crippen LogP contribution in [-0.4, -0.2) is 61.2 Å². The number of hydrogen-bond donors (Lipinski definition) is 2. The minimum atomic E-state index is -0.400. The Morgan fingerprint density at radius 3 is 2.90 bits per heavy atom. The van der Waals surface area contributed by atoms with Crippen LogP contribution in [0, 0.1) is 18.8 Å². The zero-order chi connectivity index (χ0) is 20.7. The van der Waals surface area contributed by atoms with Gasteiger partial charge in [0.2, 0.25) is 5.91 Å². The van der Waals surface area contributed by atoms with Crippen molar-refractivity contribution in [2.75, 3.05) is 19.7 Å². The van der Waals surface area contributed by atoms with E-state index in [0.29, 0.717) is 18.4 Å². The number of rotatable bonds is 5. The van der Waals surface area contributed by atoms with Crippen LogP contribution in [0.1, 0.15) is 30.3 Å². The average molecular weight is 409 g/mol. The van der Waals surface area contributed by atoms with Crippen molar-refractivity contribution in [3.05, 3.63) is 48.3 Å². The highest BCUT2D eigenvalue weighted by molar-refractivity contribution is 5.79. The maximum Gasteiger partial charge on any atom is 0.248 e. The molecule has 8 nitrogen and oxygen atoms in total. The fourth-order valence-electron chi connectivity index (χ4n) is 5.02. The highest BCUT2D eigenvalue weighted by Gasteiger charge is 2.43. The third kappa shape index (κ3) is 3.61. The molecule has 2 aromatic heterocycles. The van der Waals surface area contributed by atoms with Crippen LogP contribution in [0.3, 0.4) is 0 Å². The number of likely N-dealkylation sites (tertiary alicyclic amines) is 1. The summed E-state index contributed by atoms with van der Waals surface area (Å²) in [5, 5.41) is 10.6. The maximum atomic E-state index is 12.7. The van der Waals surface area contributed by atoms with Crippen LogP contribution < -0.4 is 0 Å². The van der Waals surface area contributed by atoms with Gasteiger partial charge in [0.1, 0.15) is 19.0 Å². The highest BCUT2D eigenvalue weighted by Crippen LogP contribution is 2.41.